The topological polar surface area (TPSA) is 103 Å². The fraction of sp³-hybridized carbons (Fsp3) is 0.267. The van der Waals surface area contributed by atoms with Crippen molar-refractivity contribution in [3.8, 4) is 11.5 Å². The Kier molecular flexibility index (Phi) is 5.19. The van der Waals surface area contributed by atoms with E-state index in [1.54, 1.807) is 6.92 Å². The van der Waals surface area contributed by atoms with Crippen LogP contribution in [0.2, 0.25) is 0 Å². The van der Waals surface area contributed by atoms with Crippen LogP contribution in [0, 0.1) is 6.92 Å². The monoisotopic (exact) mass is 399 g/mol. The summed E-state index contributed by atoms with van der Waals surface area (Å²) >= 11 is 1.21. The van der Waals surface area contributed by atoms with Crippen LogP contribution in [-0.2, 0) is 17.5 Å². The molecule has 1 N–H and O–H groups in total. The Balaban J connectivity index is 1.72. The highest BCUT2D eigenvalue weighted by Gasteiger charge is 2.38. The largest absolute Gasteiger partial charge is 0.471 e. The van der Waals surface area contributed by atoms with Crippen molar-refractivity contribution in [3.05, 3.63) is 39.8 Å². The summed E-state index contributed by atoms with van der Waals surface area (Å²) in [6.45, 7) is 2.01. The number of carbonyl (C=O) groups excluding carboxylic acids is 1. The number of anilines is 1. The van der Waals surface area contributed by atoms with Crippen LogP contribution >= 0.6 is 11.3 Å². The Morgan fingerprint density at radius 2 is 2.11 bits per heavy atom. The van der Waals surface area contributed by atoms with Crippen molar-refractivity contribution in [2.75, 3.05) is 12.4 Å². The van der Waals surface area contributed by atoms with Crippen molar-refractivity contribution in [3.63, 3.8) is 0 Å². The average molecular weight is 399 g/mol. The zero-order valence-electron chi connectivity index (χ0n) is 14.0. The van der Waals surface area contributed by atoms with E-state index in [0.717, 1.165) is 0 Å². The first-order chi connectivity index (χ1) is 12.8. The molecule has 27 heavy (non-hydrogen) atoms. The number of ether oxygens (including phenoxy) is 1. The molecule has 0 atom stereocenters. The van der Waals surface area contributed by atoms with Gasteiger partial charge in [-0.3, -0.25) is 9.78 Å². The van der Waals surface area contributed by atoms with Gasteiger partial charge in [-0.25, -0.2) is 4.98 Å². The third-order valence-electron chi connectivity index (χ3n) is 3.23. The maximum absolute atomic E-state index is 12.5. The summed E-state index contributed by atoms with van der Waals surface area (Å²) in [4.78, 5) is 24.2. The van der Waals surface area contributed by atoms with Crippen LogP contribution in [0.4, 0.5) is 18.9 Å². The lowest BCUT2D eigenvalue weighted by Gasteiger charge is -2.04. The summed E-state index contributed by atoms with van der Waals surface area (Å²) < 4.78 is 46.6. The van der Waals surface area contributed by atoms with Gasteiger partial charge in [0, 0.05) is 7.11 Å². The second-order valence-corrected chi connectivity index (χ2v) is 6.35. The highest BCUT2D eigenvalue weighted by molar-refractivity contribution is 7.13. The number of hydrogen-bond donors (Lipinski definition) is 1. The lowest BCUT2D eigenvalue weighted by Crippen LogP contribution is -2.11. The van der Waals surface area contributed by atoms with E-state index in [4.69, 9.17) is 4.74 Å². The van der Waals surface area contributed by atoms with E-state index >= 15 is 0 Å². The summed E-state index contributed by atoms with van der Waals surface area (Å²) in [5.41, 5.74) is 0.994. The second kappa shape index (κ2) is 7.40. The van der Waals surface area contributed by atoms with E-state index in [9.17, 15) is 18.0 Å². The number of aryl methyl sites for hydroxylation is 1. The normalized spacial score (nSPS) is 11.6. The Morgan fingerprint density at radius 3 is 2.70 bits per heavy atom. The zero-order valence-corrected chi connectivity index (χ0v) is 14.8. The van der Waals surface area contributed by atoms with Gasteiger partial charge in [-0.05, 0) is 19.1 Å². The molecule has 3 aromatic rings. The average Bonchev–Trinajstić information content (AvgIpc) is 3.23. The third-order valence-corrected chi connectivity index (χ3v) is 4.36. The first kappa shape index (κ1) is 18.9. The van der Waals surface area contributed by atoms with Crippen LogP contribution < -0.4 is 5.32 Å². The van der Waals surface area contributed by atoms with Crippen molar-refractivity contribution in [1.82, 2.24) is 20.1 Å². The number of halogens is 3. The summed E-state index contributed by atoms with van der Waals surface area (Å²) in [5, 5.41) is 6.57. The molecule has 3 aromatic heterocycles. The molecule has 0 saturated heterocycles. The molecule has 3 heterocycles. The Hall–Kier alpha value is -2.86. The van der Waals surface area contributed by atoms with Gasteiger partial charge in [-0.1, -0.05) is 5.16 Å². The van der Waals surface area contributed by atoms with Crippen LogP contribution in [0.15, 0.2) is 22.9 Å². The number of nitrogens with one attached hydrogen (secondary N) is 1. The van der Waals surface area contributed by atoms with Gasteiger partial charge in [-0.2, -0.15) is 18.2 Å². The van der Waals surface area contributed by atoms with Crippen LogP contribution in [-0.4, -0.2) is 33.1 Å². The van der Waals surface area contributed by atoms with E-state index in [1.165, 1.54) is 36.8 Å². The van der Waals surface area contributed by atoms with Gasteiger partial charge < -0.3 is 14.6 Å². The van der Waals surface area contributed by atoms with E-state index in [2.05, 4.69) is 29.9 Å². The van der Waals surface area contributed by atoms with Gasteiger partial charge >= 0.3 is 12.1 Å². The predicted octanol–water partition coefficient (Wildman–Crippen LogP) is 3.31. The first-order valence-corrected chi connectivity index (χ1v) is 8.23. The number of carbonyl (C=O) groups is 1. The fourth-order valence-electron chi connectivity index (χ4n) is 2.08. The summed E-state index contributed by atoms with van der Waals surface area (Å²) in [7, 11) is 1.53. The zero-order chi connectivity index (χ0) is 19.6. The number of hydrogen-bond acceptors (Lipinski definition) is 8. The Morgan fingerprint density at radius 1 is 1.33 bits per heavy atom. The lowest BCUT2D eigenvalue weighted by atomic mass is 10.3. The molecule has 142 valence electrons. The highest BCUT2D eigenvalue weighted by Crippen LogP contribution is 2.29. The molecule has 0 saturated carbocycles. The number of amides is 1. The summed E-state index contributed by atoms with van der Waals surface area (Å²) in [6.07, 6.45) is -3.45. The molecule has 0 fully saturated rings. The molecule has 8 nitrogen and oxygen atoms in total. The molecule has 0 aliphatic heterocycles. The van der Waals surface area contributed by atoms with E-state index in [-0.39, 0.29) is 17.4 Å². The summed E-state index contributed by atoms with van der Waals surface area (Å²) in [5.74, 6) is -2.13. The predicted molar refractivity (Wildman–Crippen MR) is 88.0 cm³/mol. The van der Waals surface area contributed by atoms with Gasteiger partial charge in [0.15, 0.2) is 0 Å². The van der Waals surface area contributed by atoms with Crippen molar-refractivity contribution in [1.29, 1.82) is 0 Å². The molecular formula is C15H12F3N5O3S. The van der Waals surface area contributed by atoms with Gasteiger partial charge in [-0.15, -0.1) is 11.3 Å². The van der Waals surface area contributed by atoms with Crippen molar-refractivity contribution < 1.29 is 27.2 Å². The molecule has 0 spiro atoms. The van der Waals surface area contributed by atoms with Gasteiger partial charge in [0.25, 0.3) is 5.91 Å². The molecule has 0 aliphatic carbocycles. The molecule has 1 amide bonds. The molecular weight excluding hydrogens is 387 g/mol. The standard InChI is InChI=1S/C15H12F3N5O3S/c1-7-11(27-10(20-7)6-25-2)13(24)21-8-3-4-9(19-5-8)12-22-14(26-23-12)15(16,17)18/h3-5H,6H2,1-2H3,(H,21,24). The number of alkyl halides is 3. The minimum atomic E-state index is -4.73. The lowest BCUT2D eigenvalue weighted by molar-refractivity contribution is -0.159. The quantitative estimate of drug-likeness (QED) is 0.702. The SMILES string of the molecule is COCc1nc(C)c(C(=O)Nc2ccc(-c3noc(C(F)(F)F)n3)nc2)s1. The van der Waals surface area contributed by atoms with Crippen LogP contribution in [0.5, 0.6) is 0 Å². The second-order valence-electron chi connectivity index (χ2n) is 5.26. The van der Waals surface area contributed by atoms with E-state index < -0.39 is 12.1 Å². The van der Waals surface area contributed by atoms with E-state index in [1.807, 2.05) is 0 Å². The molecule has 0 aliphatic rings. The summed E-state index contributed by atoms with van der Waals surface area (Å²) in [6, 6.07) is 2.84. The molecule has 0 radical (unpaired) electrons. The van der Waals surface area contributed by atoms with Gasteiger partial charge in [0.1, 0.15) is 15.6 Å². The van der Waals surface area contributed by atoms with Crippen molar-refractivity contribution in [2.45, 2.75) is 19.7 Å². The van der Waals surface area contributed by atoms with Crippen molar-refractivity contribution in [2.24, 2.45) is 0 Å². The number of aromatic nitrogens is 4. The Labute approximate surface area is 154 Å². The van der Waals surface area contributed by atoms with Crippen LogP contribution in [0.25, 0.3) is 11.5 Å². The molecule has 0 unspecified atom stereocenters. The van der Waals surface area contributed by atoms with Gasteiger partial charge in [0.05, 0.1) is 24.2 Å². The number of nitrogens with zero attached hydrogens (tertiary/aromatic N) is 4. The number of pyridine rings is 1. The molecule has 3 rings (SSSR count). The van der Waals surface area contributed by atoms with Crippen molar-refractivity contribution >= 4 is 22.9 Å². The van der Waals surface area contributed by atoms with E-state index in [0.29, 0.717) is 27.9 Å². The Bertz CT molecular complexity index is 953. The first-order valence-electron chi connectivity index (χ1n) is 7.42. The van der Waals surface area contributed by atoms with Gasteiger partial charge in [0.2, 0.25) is 5.82 Å². The molecule has 12 heteroatoms. The minimum Gasteiger partial charge on any atom is -0.378 e. The maximum Gasteiger partial charge on any atom is 0.471 e. The highest BCUT2D eigenvalue weighted by atomic mass is 32.1. The van der Waals surface area contributed by atoms with Crippen LogP contribution in [0.3, 0.4) is 0 Å². The molecule has 0 bridgehead atoms. The number of thiazole rings is 1. The minimum absolute atomic E-state index is 0.0728. The number of rotatable bonds is 5. The third kappa shape index (κ3) is 4.28. The smallest absolute Gasteiger partial charge is 0.378 e. The number of methoxy groups -OCH3 is 1. The fourth-order valence-corrected chi connectivity index (χ4v) is 3.01. The van der Waals surface area contributed by atoms with Crippen LogP contribution in [0.1, 0.15) is 26.3 Å². The maximum atomic E-state index is 12.5. The molecule has 0 aromatic carbocycles.